The first-order valence-electron chi connectivity index (χ1n) is 6.09. The van der Waals surface area contributed by atoms with Crippen LogP contribution in [0.1, 0.15) is 29.8 Å². The monoisotopic (exact) mass is 251 g/mol. The molecule has 2 N–H and O–H groups in total. The van der Waals surface area contributed by atoms with Gasteiger partial charge in [0.2, 0.25) is 0 Å². The maximum atomic E-state index is 10.7. The Kier molecular flexibility index (Phi) is 5.31. The largest absolute Gasteiger partial charge is 0.478 e. The Bertz CT molecular complexity index is 387. The molecule has 0 saturated carbocycles. The lowest BCUT2D eigenvalue weighted by molar-refractivity contribution is 0.0697. The van der Waals surface area contributed by atoms with Gasteiger partial charge in [0.1, 0.15) is 0 Å². The molecule has 0 aromatic heterocycles. The number of benzene rings is 1. The van der Waals surface area contributed by atoms with Crippen molar-refractivity contribution in [1.82, 2.24) is 4.90 Å². The molecule has 1 unspecified atom stereocenters. The van der Waals surface area contributed by atoms with Crippen molar-refractivity contribution in [3.63, 3.8) is 0 Å². The smallest absolute Gasteiger partial charge is 0.335 e. The Morgan fingerprint density at radius 2 is 1.83 bits per heavy atom. The third kappa shape index (κ3) is 4.47. The summed E-state index contributed by atoms with van der Waals surface area (Å²) in [7, 11) is 1.94. The van der Waals surface area contributed by atoms with Crippen molar-refractivity contribution in [2.45, 2.75) is 26.5 Å². The van der Waals surface area contributed by atoms with Crippen LogP contribution in [0.2, 0.25) is 0 Å². The van der Waals surface area contributed by atoms with Crippen LogP contribution in [0.3, 0.4) is 0 Å². The van der Waals surface area contributed by atoms with E-state index in [0.717, 1.165) is 5.56 Å². The Hall–Kier alpha value is -1.39. The van der Waals surface area contributed by atoms with E-state index in [1.807, 2.05) is 37.9 Å². The summed E-state index contributed by atoms with van der Waals surface area (Å²) in [5, 5.41) is 18.6. The number of aromatic carboxylic acids is 1. The fraction of sp³-hybridized carbons (Fsp3) is 0.500. The van der Waals surface area contributed by atoms with Crippen molar-refractivity contribution < 1.29 is 15.0 Å². The molecule has 1 atom stereocenters. The number of rotatable bonds is 6. The molecule has 0 fully saturated rings. The molecule has 100 valence electrons. The highest BCUT2D eigenvalue weighted by atomic mass is 16.4. The van der Waals surface area contributed by atoms with Gasteiger partial charge in [-0.05, 0) is 30.7 Å². The van der Waals surface area contributed by atoms with Crippen molar-refractivity contribution in [2.75, 3.05) is 13.6 Å². The van der Waals surface area contributed by atoms with Gasteiger partial charge in [0.05, 0.1) is 11.7 Å². The molecular weight excluding hydrogens is 230 g/mol. The summed E-state index contributed by atoms with van der Waals surface area (Å²) in [6, 6.07) is 6.82. The number of nitrogens with zero attached hydrogens (tertiary/aromatic N) is 1. The Morgan fingerprint density at radius 1 is 1.28 bits per heavy atom. The molecule has 18 heavy (non-hydrogen) atoms. The third-order valence-electron chi connectivity index (χ3n) is 2.92. The second kappa shape index (κ2) is 6.52. The van der Waals surface area contributed by atoms with Crippen LogP contribution in [-0.4, -0.2) is 40.8 Å². The summed E-state index contributed by atoms with van der Waals surface area (Å²) < 4.78 is 0. The quantitative estimate of drug-likeness (QED) is 0.810. The summed E-state index contributed by atoms with van der Waals surface area (Å²) in [5.41, 5.74) is 1.34. The van der Waals surface area contributed by atoms with Crippen LogP contribution in [-0.2, 0) is 6.54 Å². The first-order chi connectivity index (χ1) is 8.40. The minimum absolute atomic E-state index is 0.238. The molecule has 1 aromatic rings. The van der Waals surface area contributed by atoms with E-state index in [9.17, 15) is 9.90 Å². The lowest BCUT2D eigenvalue weighted by Crippen LogP contribution is -2.32. The molecule has 0 saturated heterocycles. The molecule has 0 heterocycles. The average molecular weight is 251 g/mol. The van der Waals surface area contributed by atoms with Crippen LogP contribution >= 0.6 is 0 Å². The number of carbonyl (C=O) groups is 1. The molecular formula is C14H21NO3. The van der Waals surface area contributed by atoms with E-state index >= 15 is 0 Å². The summed E-state index contributed by atoms with van der Waals surface area (Å²) in [4.78, 5) is 12.7. The minimum Gasteiger partial charge on any atom is -0.478 e. The fourth-order valence-electron chi connectivity index (χ4n) is 1.66. The molecule has 0 spiro atoms. The fourth-order valence-corrected chi connectivity index (χ4v) is 1.66. The van der Waals surface area contributed by atoms with E-state index in [1.165, 1.54) is 0 Å². The van der Waals surface area contributed by atoms with Gasteiger partial charge in [0.15, 0.2) is 0 Å². The molecule has 1 rings (SSSR count). The standard InChI is InChI=1S/C14H21NO3/c1-10(2)13(16)9-15(3)8-11-4-6-12(7-5-11)14(17)18/h4-7,10,13,16H,8-9H2,1-3H3,(H,17,18). The van der Waals surface area contributed by atoms with E-state index in [1.54, 1.807) is 12.1 Å². The number of hydrogen-bond donors (Lipinski definition) is 2. The zero-order valence-electron chi connectivity index (χ0n) is 11.1. The lowest BCUT2D eigenvalue weighted by Gasteiger charge is -2.22. The topological polar surface area (TPSA) is 60.8 Å². The van der Waals surface area contributed by atoms with Gasteiger partial charge >= 0.3 is 5.97 Å². The van der Waals surface area contributed by atoms with E-state index in [0.29, 0.717) is 18.7 Å². The van der Waals surface area contributed by atoms with Crippen molar-refractivity contribution in [2.24, 2.45) is 5.92 Å². The summed E-state index contributed by atoms with van der Waals surface area (Å²) in [5.74, 6) is -0.674. The zero-order chi connectivity index (χ0) is 13.7. The molecule has 0 radical (unpaired) electrons. The maximum absolute atomic E-state index is 10.7. The number of carboxylic acid groups (broad SMARTS) is 1. The molecule has 0 bridgehead atoms. The second-order valence-corrected chi connectivity index (χ2v) is 5.01. The lowest BCUT2D eigenvalue weighted by atomic mass is 10.1. The highest BCUT2D eigenvalue weighted by Crippen LogP contribution is 2.09. The molecule has 0 aliphatic heterocycles. The maximum Gasteiger partial charge on any atom is 0.335 e. The number of likely N-dealkylation sites (N-methyl/N-ethyl adjacent to an activating group) is 1. The van der Waals surface area contributed by atoms with E-state index in [2.05, 4.69) is 0 Å². The normalized spacial score (nSPS) is 13.0. The molecule has 0 amide bonds. The van der Waals surface area contributed by atoms with Gasteiger partial charge in [-0.25, -0.2) is 4.79 Å². The molecule has 4 nitrogen and oxygen atoms in total. The third-order valence-corrected chi connectivity index (χ3v) is 2.92. The first-order valence-corrected chi connectivity index (χ1v) is 6.09. The van der Waals surface area contributed by atoms with Crippen LogP contribution in [0.5, 0.6) is 0 Å². The highest BCUT2D eigenvalue weighted by Gasteiger charge is 2.12. The Morgan fingerprint density at radius 3 is 2.28 bits per heavy atom. The zero-order valence-corrected chi connectivity index (χ0v) is 11.1. The SMILES string of the molecule is CC(C)C(O)CN(C)Cc1ccc(C(=O)O)cc1. The van der Waals surface area contributed by atoms with Gasteiger partial charge in [0, 0.05) is 13.1 Å². The second-order valence-electron chi connectivity index (χ2n) is 5.01. The van der Waals surface area contributed by atoms with Crippen LogP contribution in [0, 0.1) is 5.92 Å². The van der Waals surface area contributed by atoms with Crippen molar-refractivity contribution in [3.05, 3.63) is 35.4 Å². The molecule has 4 heteroatoms. The van der Waals surface area contributed by atoms with E-state index in [4.69, 9.17) is 5.11 Å². The summed E-state index contributed by atoms with van der Waals surface area (Å²) >= 11 is 0. The minimum atomic E-state index is -0.912. The first kappa shape index (κ1) is 14.7. The van der Waals surface area contributed by atoms with Crippen molar-refractivity contribution in [3.8, 4) is 0 Å². The highest BCUT2D eigenvalue weighted by molar-refractivity contribution is 5.87. The van der Waals surface area contributed by atoms with Crippen LogP contribution in [0.4, 0.5) is 0 Å². The molecule has 0 aliphatic rings. The van der Waals surface area contributed by atoms with Gasteiger partial charge < -0.3 is 10.2 Å². The number of hydrogen-bond acceptors (Lipinski definition) is 3. The average Bonchev–Trinajstić information content (AvgIpc) is 2.29. The number of aliphatic hydroxyl groups excluding tert-OH is 1. The van der Waals surface area contributed by atoms with Crippen LogP contribution < -0.4 is 0 Å². The number of carboxylic acids is 1. The van der Waals surface area contributed by atoms with Gasteiger partial charge in [0.25, 0.3) is 0 Å². The van der Waals surface area contributed by atoms with Gasteiger partial charge in [-0.1, -0.05) is 26.0 Å². The van der Waals surface area contributed by atoms with Gasteiger partial charge in [-0.15, -0.1) is 0 Å². The molecule has 0 aliphatic carbocycles. The summed E-state index contributed by atoms with van der Waals surface area (Å²) in [6.45, 7) is 5.28. The predicted molar refractivity (Wildman–Crippen MR) is 70.6 cm³/mol. The van der Waals surface area contributed by atoms with Gasteiger partial charge in [-0.3, -0.25) is 4.90 Å². The van der Waals surface area contributed by atoms with E-state index in [-0.39, 0.29) is 12.0 Å². The summed E-state index contributed by atoms with van der Waals surface area (Å²) in [6.07, 6.45) is -0.340. The van der Waals surface area contributed by atoms with E-state index < -0.39 is 5.97 Å². The van der Waals surface area contributed by atoms with Crippen molar-refractivity contribution in [1.29, 1.82) is 0 Å². The predicted octanol–water partition coefficient (Wildman–Crippen LogP) is 1.83. The van der Waals surface area contributed by atoms with Crippen LogP contribution in [0.15, 0.2) is 24.3 Å². The Balaban J connectivity index is 2.54. The van der Waals surface area contributed by atoms with Crippen LogP contribution in [0.25, 0.3) is 0 Å². The number of aliphatic hydroxyl groups is 1. The van der Waals surface area contributed by atoms with Gasteiger partial charge in [-0.2, -0.15) is 0 Å². The van der Waals surface area contributed by atoms with Crippen molar-refractivity contribution >= 4 is 5.97 Å². The Labute approximate surface area is 108 Å². The molecule has 1 aromatic carbocycles.